The van der Waals surface area contributed by atoms with E-state index in [2.05, 4.69) is 0 Å². The first-order valence-electron chi connectivity index (χ1n) is 6.63. The van der Waals surface area contributed by atoms with Gasteiger partial charge in [-0.15, -0.1) is 11.8 Å². The highest BCUT2D eigenvalue weighted by atomic mass is 32.2. The number of hydrogen-bond donors (Lipinski definition) is 1. The second-order valence-electron chi connectivity index (χ2n) is 5.09. The lowest BCUT2D eigenvalue weighted by Gasteiger charge is -2.27. The summed E-state index contributed by atoms with van der Waals surface area (Å²) in [6, 6.07) is 8.14. The van der Waals surface area contributed by atoms with Crippen LogP contribution in [0.5, 0.6) is 0 Å². The van der Waals surface area contributed by atoms with Gasteiger partial charge in [-0.25, -0.2) is 0 Å². The van der Waals surface area contributed by atoms with E-state index in [4.69, 9.17) is 0 Å². The number of carbonyl (C=O) groups is 1. The molecule has 0 aliphatic heterocycles. The molecule has 1 N–H and O–H groups in total. The number of aliphatic carboxylic acids is 1. The van der Waals surface area contributed by atoms with Gasteiger partial charge < -0.3 is 5.11 Å². The third-order valence-electron chi connectivity index (χ3n) is 3.61. The largest absolute Gasteiger partial charge is 0.480 e. The summed E-state index contributed by atoms with van der Waals surface area (Å²) in [5.74, 6) is -0.324. The molecule has 98 valence electrons. The normalized spacial score (nSPS) is 18.5. The Labute approximate surface area is 113 Å². The Balaban J connectivity index is 2.05. The quantitative estimate of drug-likeness (QED) is 0.831. The van der Waals surface area contributed by atoms with Crippen molar-refractivity contribution < 1.29 is 9.90 Å². The smallest absolute Gasteiger partial charge is 0.317 e. The molecule has 1 saturated carbocycles. The van der Waals surface area contributed by atoms with Gasteiger partial charge in [0.2, 0.25) is 0 Å². The number of carboxylic acids is 1. The van der Waals surface area contributed by atoms with Crippen LogP contribution in [0.1, 0.15) is 37.7 Å². The fourth-order valence-electron chi connectivity index (χ4n) is 2.55. The highest BCUT2D eigenvalue weighted by Gasteiger charge is 2.30. The van der Waals surface area contributed by atoms with Crippen LogP contribution >= 0.6 is 11.8 Å². The molecule has 0 amide bonds. The Hall–Kier alpha value is -0.960. The van der Waals surface area contributed by atoms with Crippen LogP contribution in [0.3, 0.4) is 0 Å². The number of benzene rings is 1. The monoisotopic (exact) mass is 264 g/mol. The maximum absolute atomic E-state index is 11.4. The highest BCUT2D eigenvalue weighted by molar-refractivity contribution is 8.00. The second kappa shape index (κ2) is 6.28. The minimum atomic E-state index is -0.660. The summed E-state index contributed by atoms with van der Waals surface area (Å²) in [4.78, 5) is 12.5. The van der Waals surface area contributed by atoms with Crippen LogP contribution in [-0.2, 0) is 4.79 Å². The Morgan fingerprint density at radius 1 is 1.22 bits per heavy atom. The molecule has 1 aromatic carbocycles. The Morgan fingerprint density at radius 3 is 2.39 bits per heavy atom. The minimum absolute atomic E-state index is 0.284. The third kappa shape index (κ3) is 3.52. The standard InChI is InChI=1S/C15H20O2S/c1-11-7-9-13(10-8-11)18-14(15(16)17)12-5-3-2-4-6-12/h7-10,12,14H,2-6H2,1H3,(H,16,17). The van der Waals surface area contributed by atoms with Gasteiger partial charge in [0.15, 0.2) is 0 Å². The van der Waals surface area contributed by atoms with Gasteiger partial charge in [0, 0.05) is 4.90 Å². The molecule has 0 saturated heterocycles. The van der Waals surface area contributed by atoms with E-state index in [1.54, 1.807) is 0 Å². The van der Waals surface area contributed by atoms with Crippen molar-refractivity contribution in [3.8, 4) is 0 Å². The Kier molecular flexibility index (Phi) is 4.70. The Morgan fingerprint density at radius 2 is 1.83 bits per heavy atom. The number of carboxylic acid groups (broad SMARTS) is 1. The van der Waals surface area contributed by atoms with Crippen molar-refractivity contribution in [1.29, 1.82) is 0 Å². The molecule has 1 unspecified atom stereocenters. The molecule has 1 aliphatic rings. The first kappa shape index (κ1) is 13.5. The lowest BCUT2D eigenvalue weighted by molar-refractivity contribution is -0.137. The SMILES string of the molecule is Cc1ccc(SC(C(=O)O)C2CCCCC2)cc1. The Bertz CT molecular complexity index is 393. The summed E-state index contributed by atoms with van der Waals surface area (Å²) in [5.41, 5.74) is 1.21. The highest BCUT2D eigenvalue weighted by Crippen LogP contribution is 2.36. The average Bonchev–Trinajstić information content (AvgIpc) is 2.38. The summed E-state index contributed by atoms with van der Waals surface area (Å²) in [7, 11) is 0. The predicted octanol–water partition coefficient (Wildman–Crippen LogP) is 4.12. The fraction of sp³-hybridized carbons (Fsp3) is 0.533. The average molecular weight is 264 g/mol. The fourth-order valence-corrected chi connectivity index (χ4v) is 3.70. The van der Waals surface area contributed by atoms with Gasteiger partial charge in [0.25, 0.3) is 0 Å². The summed E-state index contributed by atoms with van der Waals surface area (Å²) in [6.45, 7) is 2.05. The van der Waals surface area contributed by atoms with Crippen LogP contribution in [0.15, 0.2) is 29.2 Å². The molecule has 0 radical (unpaired) electrons. The number of rotatable bonds is 4. The molecule has 0 aromatic heterocycles. The summed E-state index contributed by atoms with van der Waals surface area (Å²) in [6.07, 6.45) is 5.76. The van der Waals surface area contributed by atoms with Crippen molar-refractivity contribution in [3.05, 3.63) is 29.8 Å². The number of aryl methyl sites for hydroxylation is 1. The lowest BCUT2D eigenvalue weighted by atomic mass is 9.87. The molecular weight excluding hydrogens is 244 g/mol. The van der Waals surface area contributed by atoms with Gasteiger partial charge in [0.05, 0.1) is 0 Å². The molecule has 18 heavy (non-hydrogen) atoms. The van der Waals surface area contributed by atoms with E-state index in [9.17, 15) is 9.90 Å². The summed E-state index contributed by atoms with van der Waals surface area (Å²) >= 11 is 1.51. The first-order chi connectivity index (χ1) is 8.66. The number of hydrogen-bond acceptors (Lipinski definition) is 2. The zero-order valence-corrected chi connectivity index (χ0v) is 11.6. The van der Waals surface area contributed by atoms with Gasteiger partial charge in [-0.1, -0.05) is 37.0 Å². The first-order valence-corrected chi connectivity index (χ1v) is 7.51. The molecule has 1 atom stereocenters. The van der Waals surface area contributed by atoms with Gasteiger partial charge in [0.1, 0.15) is 5.25 Å². The molecule has 2 nitrogen and oxygen atoms in total. The van der Waals surface area contributed by atoms with E-state index in [-0.39, 0.29) is 5.25 Å². The minimum Gasteiger partial charge on any atom is -0.480 e. The summed E-state index contributed by atoms with van der Waals surface area (Å²) in [5, 5.41) is 9.14. The molecule has 1 aromatic rings. The zero-order valence-electron chi connectivity index (χ0n) is 10.8. The van der Waals surface area contributed by atoms with E-state index < -0.39 is 5.97 Å². The number of thioether (sulfide) groups is 1. The van der Waals surface area contributed by atoms with Crippen LogP contribution in [-0.4, -0.2) is 16.3 Å². The van der Waals surface area contributed by atoms with E-state index in [0.717, 1.165) is 17.7 Å². The topological polar surface area (TPSA) is 37.3 Å². The molecule has 1 fully saturated rings. The maximum atomic E-state index is 11.4. The second-order valence-corrected chi connectivity index (χ2v) is 6.30. The molecule has 0 bridgehead atoms. The maximum Gasteiger partial charge on any atom is 0.317 e. The van der Waals surface area contributed by atoms with Crippen molar-refractivity contribution in [1.82, 2.24) is 0 Å². The van der Waals surface area contributed by atoms with Crippen LogP contribution < -0.4 is 0 Å². The molecule has 3 heteroatoms. The predicted molar refractivity (Wildman–Crippen MR) is 75.0 cm³/mol. The van der Waals surface area contributed by atoms with Gasteiger partial charge >= 0.3 is 5.97 Å². The van der Waals surface area contributed by atoms with Gasteiger partial charge in [-0.2, -0.15) is 0 Å². The third-order valence-corrected chi connectivity index (χ3v) is 4.99. The van der Waals surface area contributed by atoms with Crippen molar-refractivity contribution in [2.45, 2.75) is 49.2 Å². The van der Waals surface area contributed by atoms with Crippen LogP contribution in [0.4, 0.5) is 0 Å². The van der Waals surface area contributed by atoms with E-state index in [1.165, 1.54) is 36.6 Å². The van der Waals surface area contributed by atoms with Crippen molar-refractivity contribution in [2.24, 2.45) is 5.92 Å². The van der Waals surface area contributed by atoms with Gasteiger partial charge in [-0.3, -0.25) is 4.79 Å². The molecular formula is C15H20O2S. The summed E-state index contributed by atoms with van der Waals surface area (Å²) < 4.78 is 0. The zero-order chi connectivity index (χ0) is 13.0. The van der Waals surface area contributed by atoms with E-state index in [1.807, 2.05) is 31.2 Å². The van der Waals surface area contributed by atoms with Crippen LogP contribution in [0, 0.1) is 12.8 Å². The van der Waals surface area contributed by atoms with Gasteiger partial charge in [-0.05, 0) is 37.8 Å². The van der Waals surface area contributed by atoms with E-state index in [0.29, 0.717) is 5.92 Å². The van der Waals surface area contributed by atoms with E-state index >= 15 is 0 Å². The molecule has 0 spiro atoms. The van der Waals surface area contributed by atoms with Crippen LogP contribution in [0.25, 0.3) is 0 Å². The van der Waals surface area contributed by atoms with Crippen molar-refractivity contribution in [3.63, 3.8) is 0 Å². The van der Waals surface area contributed by atoms with Crippen molar-refractivity contribution >= 4 is 17.7 Å². The molecule has 1 aliphatic carbocycles. The van der Waals surface area contributed by atoms with Crippen molar-refractivity contribution in [2.75, 3.05) is 0 Å². The lowest BCUT2D eigenvalue weighted by Crippen LogP contribution is -2.28. The van der Waals surface area contributed by atoms with Crippen LogP contribution in [0.2, 0.25) is 0 Å². The molecule has 2 rings (SSSR count). The molecule has 0 heterocycles.